The van der Waals surface area contributed by atoms with E-state index in [1.165, 1.54) is 0 Å². The second kappa shape index (κ2) is 8.68. The number of nitrogens with one attached hydrogen (secondary N) is 3. The molecule has 0 radical (unpaired) electrons. The molecule has 1 aliphatic heterocycles. The topological polar surface area (TPSA) is 121 Å². The van der Waals surface area contributed by atoms with E-state index >= 15 is 0 Å². The van der Waals surface area contributed by atoms with Crippen molar-refractivity contribution in [3.63, 3.8) is 0 Å². The van der Waals surface area contributed by atoms with Gasteiger partial charge in [-0.15, -0.1) is 0 Å². The van der Waals surface area contributed by atoms with Crippen LogP contribution in [0.15, 0.2) is 29.2 Å². The molecule has 2 unspecified atom stereocenters. The van der Waals surface area contributed by atoms with E-state index in [-0.39, 0.29) is 23.7 Å². The Morgan fingerprint density at radius 1 is 1.26 bits per heavy atom. The highest BCUT2D eigenvalue weighted by Crippen LogP contribution is 2.18. The number of amides is 1. The molecule has 1 aromatic rings. The minimum absolute atomic E-state index is 0.170. The van der Waals surface area contributed by atoms with Gasteiger partial charge in [0.05, 0.1) is 10.9 Å². The van der Waals surface area contributed by atoms with E-state index in [4.69, 9.17) is 0 Å². The Bertz CT molecular complexity index is 823. The molecule has 148 valence electrons. The Morgan fingerprint density at radius 2 is 1.89 bits per heavy atom. The molecule has 0 aliphatic carbocycles. The van der Waals surface area contributed by atoms with Gasteiger partial charge in [-0.1, -0.05) is 13.8 Å². The average molecular weight is 399 g/mol. The van der Waals surface area contributed by atoms with Crippen LogP contribution in [0.4, 0.5) is 4.39 Å². The van der Waals surface area contributed by atoms with Crippen LogP contribution in [-0.4, -0.2) is 38.5 Å². The summed E-state index contributed by atoms with van der Waals surface area (Å²) in [5.41, 5.74) is 4.79. The third-order valence-electron chi connectivity index (χ3n) is 4.28. The van der Waals surface area contributed by atoms with Gasteiger partial charge in [-0.3, -0.25) is 19.8 Å². The van der Waals surface area contributed by atoms with Gasteiger partial charge in [-0.25, -0.2) is 23.0 Å². The Labute approximate surface area is 156 Å². The molecule has 10 heteroatoms. The zero-order chi connectivity index (χ0) is 20.2. The van der Waals surface area contributed by atoms with E-state index in [0.29, 0.717) is 6.54 Å². The molecule has 1 saturated heterocycles. The number of hydrogen-bond acceptors (Lipinski definition) is 6. The Kier molecular flexibility index (Phi) is 6.79. The van der Waals surface area contributed by atoms with Crippen LogP contribution in [-0.2, 0) is 24.4 Å². The smallest absolute Gasteiger partial charge is 0.298 e. The number of sulfonamides is 1. The molecule has 0 aromatic heterocycles. The van der Waals surface area contributed by atoms with Crippen LogP contribution in [0.3, 0.4) is 0 Å². The number of ketones is 2. The van der Waals surface area contributed by atoms with Gasteiger partial charge in [0, 0.05) is 18.9 Å². The number of carbonyl (C=O) groups is 3. The molecule has 1 amide bonds. The molecule has 8 nitrogen and oxygen atoms in total. The summed E-state index contributed by atoms with van der Waals surface area (Å²) in [6.45, 7) is 3.65. The first kappa shape index (κ1) is 21.1. The largest absolute Gasteiger partial charge is 0.301 e. The summed E-state index contributed by atoms with van der Waals surface area (Å²) in [5, 5.41) is 0. The van der Waals surface area contributed by atoms with E-state index in [1.807, 2.05) is 0 Å². The molecule has 1 heterocycles. The van der Waals surface area contributed by atoms with Crippen molar-refractivity contribution >= 4 is 27.5 Å². The number of benzene rings is 1. The Balaban J connectivity index is 2.16. The van der Waals surface area contributed by atoms with Gasteiger partial charge in [0.1, 0.15) is 5.82 Å². The number of rotatable bonds is 7. The number of carbonyl (C=O) groups excluding carboxylic acids is 3. The molecule has 3 N–H and O–H groups in total. The molecule has 27 heavy (non-hydrogen) atoms. The predicted octanol–water partition coefficient (Wildman–Crippen LogP) is 0.298. The van der Waals surface area contributed by atoms with Gasteiger partial charge in [-0.2, -0.15) is 0 Å². The van der Waals surface area contributed by atoms with Crippen molar-refractivity contribution in [1.82, 2.24) is 15.6 Å². The van der Waals surface area contributed by atoms with Gasteiger partial charge in [-0.05, 0) is 36.6 Å². The lowest BCUT2D eigenvalue weighted by Gasteiger charge is -2.22. The van der Waals surface area contributed by atoms with Gasteiger partial charge < -0.3 is 0 Å². The average Bonchev–Trinajstić information content (AvgIpc) is 2.75. The third-order valence-corrected chi connectivity index (χ3v) is 5.74. The number of hydrazine groups is 1. The molecule has 0 saturated carbocycles. The summed E-state index contributed by atoms with van der Waals surface area (Å²) < 4.78 is 40.3. The summed E-state index contributed by atoms with van der Waals surface area (Å²) in [6.07, 6.45) is 0.0293. The van der Waals surface area contributed by atoms with E-state index < -0.39 is 45.3 Å². The second-order valence-electron chi connectivity index (χ2n) is 6.70. The summed E-state index contributed by atoms with van der Waals surface area (Å²) in [5.74, 6) is -3.80. The van der Waals surface area contributed by atoms with E-state index in [9.17, 15) is 27.2 Å². The minimum atomic E-state index is -4.05. The maximum atomic E-state index is 13.0. The highest BCUT2D eigenvalue weighted by molar-refractivity contribution is 7.89. The van der Waals surface area contributed by atoms with Crippen molar-refractivity contribution in [2.24, 2.45) is 11.8 Å². The van der Waals surface area contributed by atoms with E-state index in [2.05, 4.69) is 15.6 Å². The molecular formula is C17H22FN3O5S. The highest BCUT2D eigenvalue weighted by Gasteiger charge is 2.34. The zero-order valence-corrected chi connectivity index (χ0v) is 15.8. The fourth-order valence-electron chi connectivity index (χ4n) is 2.75. The van der Waals surface area contributed by atoms with Crippen LogP contribution < -0.4 is 15.6 Å². The van der Waals surface area contributed by atoms with Crippen molar-refractivity contribution in [1.29, 1.82) is 0 Å². The van der Waals surface area contributed by atoms with Crippen molar-refractivity contribution in [2.75, 3.05) is 6.54 Å². The monoisotopic (exact) mass is 399 g/mol. The van der Waals surface area contributed by atoms with E-state index in [0.717, 1.165) is 24.3 Å². The van der Waals surface area contributed by atoms with Crippen LogP contribution in [0.25, 0.3) is 0 Å². The lowest BCUT2D eigenvalue weighted by Crippen LogP contribution is -2.45. The molecule has 0 spiro atoms. The van der Waals surface area contributed by atoms with E-state index in [1.54, 1.807) is 13.8 Å². The highest BCUT2D eigenvalue weighted by atomic mass is 32.2. The molecule has 1 fully saturated rings. The maximum Gasteiger partial charge on any atom is 0.301 e. The lowest BCUT2D eigenvalue weighted by molar-refractivity contribution is -0.141. The second-order valence-corrected chi connectivity index (χ2v) is 8.41. The van der Waals surface area contributed by atoms with Crippen LogP contribution in [0.1, 0.15) is 26.7 Å². The van der Waals surface area contributed by atoms with Crippen molar-refractivity contribution in [3.8, 4) is 0 Å². The van der Waals surface area contributed by atoms with Crippen LogP contribution in [0, 0.1) is 17.7 Å². The predicted molar refractivity (Wildman–Crippen MR) is 94.2 cm³/mol. The maximum absolute atomic E-state index is 13.0. The van der Waals surface area contributed by atoms with Gasteiger partial charge >= 0.3 is 5.91 Å². The summed E-state index contributed by atoms with van der Waals surface area (Å²) in [7, 11) is -4.05. The molecule has 1 aromatic carbocycles. The quantitative estimate of drug-likeness (QED) is 0.567. The molecule has 2 rings (SSSR count). The summed E-state index contributed by atoms with van der Waals surface area (Å²) in [6, 6.07) is 3.15. The lowest BCUT2D eigenvalue weighted by atomic mass is 9.89. The van der Waals surface area contributed by atoms with Crippen LogP contribution in [0.5, 0.6) is 0 Å². The fourth-order valence-corrected chi connectivity index (χ4v) is 4.12. The number of Topliss-reactive ketones (excluding diaryl/α,β-unsaturated/α-hetero) is 2. The first-order valence-electron chi connectivity index (χ1n) is 8.49. The van der Waals surface area contributed by atoms with Crippen molar-refractivity contribution in [3.05, 3.63) is 30.1 Å². The molecular weight excluding hydrogens is 377 g/mol. The Hall–Kier alpha value is -2.17. The van der Waals surface area contributed by atoms with Crippen LogP contribution in [0.2, 0.25) is 0 Å². The molecule has 2 atom stereocenters. The standard InChI is InChI=1S/C17H22FN3O5S/c1-10(2)15(21-27(25,26)13-5-3-12(18)4-6-13)14(22)9-11-7-8-19-20-17(24)16(11)23/h3-6,10-11,15,19,21H,7-9H2,1-2H3,(H,20,24). The first-order chi connectivity index (χ1) is 12.6. The van der Waals surface area contributed by atoms with Crippen molar-refractivity contribution in [2.45, 2.75) is 37.6 Å². The van der Waals surface area contributed by atoms with Gasteiger partial charge in [0.15, 0.2) is 5.78 Å². The normalized spacial score (nSPS) is 19.5. The summed E-state index contributed by atoms with van der Waals surface area (Å²) >= 11 is 0. The summed E-state index contributed by atoms with van der Waals surface area (Å²) in [4.78, 5) is 36.1. The molecule has 0 bridgehead atoms. The molecule has 1 aliphatic rings. The van der Waals surface area contributed by atoms with Crippen LogP contribution >= 0.6 is 0 Å². The fraction of sp³-hybridized carbons (Fsp3) is 0.471. The van der Waals surface area contributed by atoms with Crippen molar-refractivity contribution < 1.29 is 27.2 Å². The minimum Gasteiger partial charge on any atom is -0.298 e. The number of hydrogen-bond donors (Lipinski definition) is 3. The van der Waals surface area contributed by atoms with Gasteiger partial charge in [0.2, 0.25) is 15.8 Å². The Morgan fingerprint density at radius 3 is 2.48 bits per heavy atom. The number of halogens is 1. The first-order valence-corrected chi connectivity index (χ1v) is 9.98. The SMILES string of the molecule is CC(C)C(NS(=O)(=O)c1ccc(F)cc1)C(=O)CC1CCNNC(=O)C1=O. The van der Waals surface area contributed by atoms with Gasteiger partial charge in [0.25, 0.3) is 0 Å². The third kappa shape index (κ3) is 5.41. The zero-order valence-electron chi connectivity index (χ0n) is 15.0.